The van der Waals surface area contributed by atoms with Crippen LogP contribution < -0.4 is 9.80 Å². The van der Waals surface area contributed by atoms with E-state index in [1.54, 1.807) is 0 Å². The van der Waals surface area contributed by atoms with Gasteiger partial charge in [-0.2, -0.15) is 0 Å². The maximum Gasteiger partial charge on any atom is 0.162 e. The monoisotopic (exact) mass is 412 g/mol. The number of ether oxygens (including phenoxy) is 1. The van der Waals surface area contributed by atoms with Crippen molar-refractivity contribution in [2.45, 2.75) is 19.5 Å². The molecule has 0 saturated carbocycles. The number of aromatic nitrogens is 4. The van der Waals surface area contributed by atoms with Gasteiger partial charge in [0.1, 0.15) is 0 Å². The summed E-state index contributed by atoms with van der Waals surface area (Å²) in [6.07, 6.45) is 3.94. The van der Waals surface area contributed by atoms with Gasteiger partial charge in [-0.15, -0.1) is 0 Å². The highest BCUT2D eigenvalue weighted by atomic mass is 16.5. The highest BCUT2D eigenvalue weighted by Gasteiger charge is 2.35. The summed E-state index contributed by atoms with van der Waals surface area (Å²) in [7, 11) is 0. The molecule has 0 amide bonds. The third kappa shape index (κ3) is 3.21. The highest BCUT2D eigenvalue weighted by Crippen LogP contribution is 2.37. The summed E-state index contributed by atoms with van der Waals surface area (Å²) in [6.45, 7) is 5.92. The lowest BCUT2D eigenvalue weighted by Gasteiger charge is -2.45. The summed E-state index contributed by atoms with van der Waals surface area (Å²) in [5.41, 5.74) is 5.28. The Morgan fingerprint density at radius 1 is 1.13 bits per heavy atom. The maximum absolute atomic E-state index is 5.80. The second-order valence-corrected chi connectivity index (χ2v) is 8.22. The average Bonchev–Trinajstić information content (AvgIpc) is 3.28. The van der Waals surface area contributed by atoms with Crippen LogP contribution in [-0.4, -0.2) is 52.3 Å². The number of aromatic amines is 1. The van der Waals surface area contributed by atoms with Crippen molar-refractivity contribution in [1.29, 1.82) is 0 Å². The molecule has 6 rings (SSSR count). The molecule has 0 aliphatic carbocycles. The van der Waals surface area contributed by atoms with Crippen LogP contribution in [0.1, 0.15) is 11.4 Å². The van der Waals surface area contributed by atoms with Crippen molar-refractivity contribution in [3.05, 3.63) is 66.2 Å². The van der Waals surface area contributed by atoms with Crippen molar-refractivity contribution in [1.82, 2.24) is 19.9 Å². The van der Waals surface area contributed by atoms with Gasteiger partial charge in [0, 0.05) is 41.4 Å². The number of nitrogens with zero attached hydrogens (tertiary/aromatic N) is 5. The molecule has 2 aliphatic heterocycles. The summed E-state index contributed by atoms with van der Waals surface area (Å²) in [4.78, 5) is 22.6. The topological polar surface area (TPSA) is 70.2 Å². The fourth-order valence-corrected chi connectivity index (χ4v) is 4.68. The Hall–Kier alpha value is -3.45. The number of nitrogens with one attached hydrogen (secondary N) is 1. The first-order chi connectivity index (χ1) is 15.3. The smallest absolute Gasteiger partial charge is 0.162 e. The molecule has 1 aromatic carbocycles. The van der Waals surface area contributed by atoms with E-state index in [4.69, 9.17) is 19.7 Å². The van der Waals surface area contributed by atoms with Crippen LogP contribution in [0.3, 0.4) is 0 Å². The molecule has 7 nitrogen and oxygen atoms in total. The number of aryl methyl sites for hydroxylation is 1. The summed E-state index contributed by atoms with van der Waals surface area (Å²) >= 11 is 0. The first kappa shape index (κ1) is 18.3. The van der Waals surface area contributed by atoms with Gasteiger partial charge < -0.3 is 19.5 Å². The van der Waals surface area contributed by atoms with Gasteiger partial charge in [0.05, 0.1) is 43.4 Å². The molecule has 0 spiro atoms. The van der Waals surface area contributed by atoms with E-state index in [0.717, 1.165) is 71.4 Å². The molecular formula is C24H24N6O. The molecule has 0 bridgehead atoms. The molecule has 1 fully saturated rings. The first-order valence-corrected chi connectivity index (χ1v) is 10.7. The van der Waals surface area contributed by atoms with E-state index in [0.29, 0.717) is 6.61 Å². The molecule has 2 aliphatic rings. The average molecular weight is 412 g/mol. The van der Waals surface area contributed by atoms with Gasteiger partial charge in [-0.1, -0.05) is 18.2 Å². The van der Waals surface area contributed by atoms with E-state index in [-0.39, 0.29) is 6.04 Å². The number of morpholine rings is 1. The van der Waals surface area contributed by atoms with Crippen LogP contribution in [0.4, 0.5) is 11.5 Å². The number of fused-ring (bicyclic) bond motifs is 4. The quantitative estimate of drug-likeness (QED) is 0.555. The number of pyridine rings is 1. The number of hydrogen-bond acceptors (Lipinski definition) is 6. The summed E-state index contributed by atoms with van der Waals surface area (Å²) < 4.78 is 5.80. The van der Waals surface area contributed by atoms with Gasteiger partial charge in [-0.25, -0.2) is 9.97 Å². The second-order valence-electron chi connectivity index (χ2n) is 8.22. The minimum Gasteiger partial charge on any atom is -0.377 e. The van der Waals surface area contributed by atoms with E-state index < -0.39 is 0 Å². The molecular weight excluding hydrogens is 388 g/mol. The molecule has 1 unspecified atom stereocenters. The van der Waals surface area contributed by atoms with Crippen LogP contribution in [0.25, 0.3) is 22.3 Å². The molecule has 7 heteroatoms. The van der Waals surface area contributed by atoms with Gasteiger partial charge in [0.2, 0.25) is 0 Å². The van der Waals surface area contributed by atoms with E-state index in [1.807, 2.05) is 31.5 Å². The molecule has 3 aromatic heterocycles. The molecule has 0 radical (unpaired) electrons. The van der Waals surface area contributed by atoms with Crippen molar-refractivity contribution in [3.63, 3.8) is 0 Å². The van der Waals surface area contributed by atoms with Gasteiger partial charge in [0.15, 0.2) is 11.6 Å². The first-order valence-electron chi connectivity index (χ1n) is 10.7. The predicted octanol–water partition coefficient (Wildman–Crippen LogP) is 3.55. The Morgan fingerprint density at radius 2 is 2.06 bits per heavy atom. The second kappa shape index (κ2) is 7.35. The SMILES string of the molecule is Cc1cccc(CN2CC3COCCN3c3nc(-c4cccc5[nH]ccc45)ncc32)n1. The zero-order chi connectivity index (χ0) is 20.8. The summed E-state index contributed by atoms with van der Waals surface area (Å²) in [5, 5.41) is 1.14. The van der Waals surface area contributed by atoms with Crippen LogP contribution in [-0.2, 0) is 11.3 Å². The van der Waals surface area contributed by atoms with Crippen molar-refractivity contribution >= 4 is 22.4 Å². The van der Waals surface area contributed by atoms with Crippen LogP contribution >= 0.6 is 0 Å². The highest BCUT2D eigenvalue weighted by molar-refractivity contribution is 5.93. The lowest BCUT2D eigenvalue weighted by Crippen LogP contribution is -2.55. The van der Waals surface area contributed by atoms with E-state index >= 15 is 0 Å². The minimum absolute atomic E-state index is 0.275. The van der Waals surface area contributed by atoms with Crippen LogP contribution in [0.2, 0.25) is 0 Å². The minimum atomic E-state index is 0.275. The Labute approximate surface area is 180 Å². The zero-order valence-electron chi connectivity index (χ0n) is 17.5. The van der Waals surface area contributed by atoms with Crippen LogP contribution in [0, 0.1) is 6.92 Å². The molecule has 4 aromatic rings. The molecule has 1 atom stereocenters. The number of hydrogen-bond donors (Lipinski definition) is 1. The molecule has 1 saturated heterocycles. The van der Waals surface area contributed by atoms with Crippen molar-refractivity contribution in [3.8, 4) is 11.4 Å². The number of H-pyrrole nitrogens is 1. The molecule has 156 valence electrons. The lowest BCUT2D eigenvalue weighted by molar-refractivity contribution is 0.0936. The Bertz CT molecular complexity index is 1250. The van der Waals surface area contributed by atoms with E-state index in [1.165, 1.54) is 0 Å². The van der Waals surface area contributed by atoms with Gasteiger partial charge in [0.25, 0.3) is 0 Å². The van der Waals surface area contributed by atoms with Gasteiger partial charge in [-0.05, 0) is 31.2 Å². The molecule has 5 heterocycles. The maximum atomic E-state index is 5.80. The Balaban J connectivity index is 1.44. The van der Waals surface area contributed by atoms with Crippen molar-refractivity contribution in [2.75, 3.05) is 36.1 Å². The normalized spacial score (nSPS) is 18.2. The summed E-state index contributed by atoms with van der Waals surface area (Å²) in [6, 6.07) is 14.7. The fourth-order valence-electron chi connectivity index (χ4n) is 4.68. The van der Waals surface area contributed by atoms with Crippen molar-refractivity contribution in [2.24, 2.45) is 0 Å². The Morgan fingerprint density at radius 3 is 3.00 bits per heavy atom. The lowest BCUT2D eigenvalue weighted by atomic mass is 10.1. The standard InChI is InChI=1S/C24H24N6O/c1-16-4-2-5-17(27-16)13-29-14-18-15-31-11-10-30(18)24-22(29)12-26-23(28-24)20-6-3-7-21-19(20)8-9-25-21/h2-9,12,18,25H,10-11,13-15H2,1H3. The number of benzene rings is 1. The Kier molecular flexibility index (Phi) is 4.35. The third-order valence-corrected chi connectivity index (χ3v) is 6.16. The zero-order valence-corrected chi connectivity index (χ0v) is 17.5. The van der Waals surface area contributed by atoms with Crippen molar-refractivity contribution < 1.29 is 4.74 Å². The number of rotatable bonds is 3. The van der Waals surface area contributed by atoms with E-state index in [2.05, 4.69) is 45.1 Å². The van der Waals surface area contributed by atoms with Crippen LogP contribution in [0.5, 0.6) is 0 Å². The largest absolute Gasteiger partial charge is 0.377 e. The van der Waals surface area contributed by atoms with Gasteiger partial charge >= 0.3 is 0 Å². The van der Waals surface area contributed by atoms with Gasteiger partial charge in [-0.3, -0.25) is 4.98 Å². The third-order valence-electron chi connectivity index (χ3n) is 6.16. The van der Waals surface area contributed by atoms with Crippen LogP contribution in [0.15, 0.2) is 54.9 Å². The fraction of sp³-hybridized carbons (Fsp3) is 0.292. The molecule has 1 N–H and O–H groups in total. The summed E-state index contributed by atoms with van der Waals surface area (Å²) in [5.74, 6) is 1.74. The predicted molar refractivity (Wildman–Crippen MR) is 121 cm³/mol. The number of anilines is 2. The molecule has 31 heavy (non-hydrogen) atoms. The van der Waals surface area contributed by atoms with E-state index in [9.17, 15) is 0 Å².